The van der Waals surface area contributed by atoms with E-state index in [9.17, 15) is 14.9 Å². The Morgan fingerprint density at radius 3 is 2.19 bits per heavy atom. The molecule has 7 nitrogen and oxygen atoms in total. The van der Waals surface area contributed by atoms with Crippen LogP contribution in [-0.4, -0.2) is 16.2 Å². The van der Waals surface area contributed by atoms with Gasteiger partial charge in [0.2, 0.25) is 0 Å². The Labute approximate surface area is 120 Å². The van der Waals surface area contributed by atoms with Crippen LogP contribution in [-0.2, 0) is 11.4 Å². The van der Waals surface area contributed by atoms with Gasteiger partial charge in [-0.1, -0.05) is 48.5 Å². The van der Waals surface area contributed by atoms with Crippen molar-refractivity contribution in [3.8, 4) is 5.75 Å². The fourth-order valence-corrected chi connectivity index (χ4v) is 1.60. The summed E-state index contributed by atoms with van der Waals surface area (Å²) in [5, 5.41) is 9.91. The third kappa shape index (κ3) is 4.50. The van der Waals surface area contributed by atoms with Crippen molar-refractivity contribution in [3.05, 3.63) is 76.3 Å². The quantitative estimate of drug-likeness (QED) is 0.624. The summed E-state index contributed by atoms with van der Waals surface area (Å²) in [6, 6.07) is 17.4. The summed E-state index contributed by atoms with van der Waals surface area (Å²) in [5.74, 6) is 0.369. The molecule has 0 aliphatic rings. The molecule has 0 spiro atoms. The Morgan fingerprint density at radius 2 is 1.62 bits per heavy atom. The number of nitrogens with zero attached hydrogens (tertiary/aromatic N) is 2. The Hall–Kier alpha value is -3.09. The lowest BCUT2D eigenvalue weighted by Crippen LogP contribution is -2.35. The zero-order chi connectivity index (χ0) is 15.1. The molecule has 0 atom stereocenters. The van der Waals surface area contributed by atoms with E-state index >= 15 is 0 Å². The van der Waals surface area contributed by atoms with Crippen molar-refractivity contribution in [2.24, 2.45) is 0 Å². The molecule has 0 saturated heterocycles. The van der Waals surface area contributed by atoms with Crippen LogP contribution in [0, 0.1) is 10.1 Å². The highest BCUT2D eigenvalue weighted by molar-refractivity contribution is 5.65. The SMILES string of the molecule is O=C(O[N+](=O)[O-])N(Cc1ccccc1)Oc1ccccc1. The number of hydrogen-bond acceptors (Lipinski definition) is 5. The highest BCUT2D eigenvalue weighted by Crippen LogP contribution is 2.14. The van der Waals surface area contributed by atoms with Crippen molar-refractivity contribution >= 4 is 6.09 Å². The normalized spacial score (nSPS) is 9.71. The average Bonchev–Trinajstić information content (AvgIpc) is 2.48. The second kappa shape index (κ2) is 6.90. The van der Waals surface area contributed by atoms with Crippen LogP contribution in [0.1, 0.15) is 5.56 Å². The molecule has 0 heterocycles. The molecule has 0 unspecified atom stereocenters. The van der Waals surface area contributed by atoms with E-state index in [2.05, 4.69) is 4.84 Å². The maximum atomic E-state index is 11.7. The van der Waals surface area contributed by atoms with E-state index in [-0.39, 0.29) is 6.54 Å². The predicted molar refractivity (Wildman–Crippen MR) is 72.5 cm³/mol. The molecule has 2 rings (SSSR count). The molecule has 0 aliphatic heterocycles. The first-order chi connectivity index (χ1) is 10.1. The Balaban J connectivity index is 2.13. The molecular formula is C14H12N2O5. The highest BCUT2D eigenvalue weighted by Gasteiger charge is 2.20. The fraction of sp³-hybridized carbons (Fsp3) is 0.0714. The van der Waals surface area contributed by atoms with E-state index < -0.39 is 11.2 Å². The molecule has 0 aliphatic carbocycles. The molecule has 0 N–H and O–H groups in total. The van der Waals surface area contributed by atoms with Crippen LogP contribution in [0.25, 0.3) is 0 Å². The molecule has 7 heteroatoms. The van der Waals surface area contributed by atoms with E-state index in [4.69, 9.17) is 4.84 Å². The summed E-state index contributed by atoms with van der Waals surface area (Å²) in [4.78, 5) is 31.3. The van der Waals surface area contributed by atoms with Crippen LogP contribution >= 0.6 is 0 Å². The zero-order valence-electron chi connectivity index (χ0n) is 10.9. The van der Waals surface area contributed by atoms with Crippen molar-refractivity contribution in [2.45, 2.75) is 6.54 Å². The number of hydroxylamine groups is 2. The third-order valence-electron chi connectivity index (χ3n) is 2.48. The van der Waals surface area contributed by atoms with Gasteiger partial charge in [0.1, 0.15) is 0 Å². The largest absolute Gasteiger partial charge is 0.431 e. The molecule has 0 radical (unpaired) electrons. The summed E-state index contributed by atoms with van der Waals surface area (Å²) >= 11 is 0. The smallest absolute Gasteiger partial charge is 0.375 e. The van der Waals surface area contributed by atoms with E-state index in [0.29, 0.717) is 5.75 Å². The second-order valence-corrected chi connectivity index (χ2v) is 4.01. The van der Waals surface area contributed by atoms with Crippen LogP contribution in [0.2, 0.25) is 0 Å². The number of carbonyl (C=O) groups excluding carboxylic acids is 1. The van der Waals surface area contributed by atoms with Crippen molar-refractivity contribution in [1.29, 1.82) is 0 Å². The van der Waals surface area contributed by atoms with Crippen LogP contribution in [0.3, 0.4) is 0 Å². The molecule has 2 aromatic carbocycles. The first kappa shape index (κ1) is 14.3. The van der Waals surface area contributed by atoms with Gasteiger partial charge < -0.3 is 4.84 Å². The van der Waals surface area contributed by atoms with Crippen molar-refractivity contribution in [3.63, 3.8) is 0 Å². The number of hydrogen-bond donors (Lipinski definition) is 0. The van der Waals surface area contributed by atoms with Crippen molar-refractivity contribution in [1.82, 2.24) is 5.06 Å². The van der Waals surface area contributed by atoms with E-state index in [1.807, 2.05) is 6.07 Å². The average molecular weight is 288 g/mol. The van der Waals surface area contributed by atoms with Gasteiger partial charge in [-0.25, -0.2) is 9.63 Å². The van der Waals surface area contributed by atoms with Gasteiger partial charge in [-0.2, -0.15) is 0 Å². The van der Waals surface area contributed by atoms with E-state index in [1.165, 1.54) is 0 Å². The molecule has 0 aromatic heterocycles. The minimum Gasteiger partial charge on any atom is -0.375 e. The number of carbonyl (C=O) groups is 1. The van der Waals surface area contributed by atoms with E-state index in [0.717, 1.165) is 10.6 Å². The molecule has 0 saturated carbocycles. The molecule has 1 amide bonds. The summed E-state index contributed by atoms with van der Waals surface area (Å²) in [7, 11) is 0. The number of para-hydroxylation sites is 1. The van der Waals surface area contributed by atoms with Gasteiger partial charge in [-0.3, -0.25) is 0 Å². The van der Waals surface area contributed by atoms with Crippen molar-refractivity contribution in [2.75, 3.05) is 0 Å². The lowest BCUT2D eigenvalue weighted by Gasteiger charge is -2.20. The van der Waals surface area contributed by atoms with E-state index in [1.54, 1.807) is 54.6 Å². The lowest BCUT2D eigenvalue weighted by molar-refractivity contribution is -0.730. The first-order valence-electron chi connectivity index (χ1n) is 6.06. The van der Waals surface area contributed by atoms with Gasteiger partial charge in [0.25, 0.3) is 0 Å². The monoisotopic (exact) mass is 288 g/mol. The Morgan fingerprint density at radius 1 is 1.05 bits per heavy atom. The number of rotatable bonds is 5. The topological polar surface area (TPSA) is 81.9 Å². The fourth-order valence-electron chi connectivity index (χ4n) is 1.60. The summed E-state index contributed by atoms with van der Waals surface area (Å²) < 4.78 is 0. The second-order valence-electron chi connectivity index (χ2n) is 4.01. The van der Waals surface area contributed by atoms with Gasteiger partial charge in [0.05, 0.1) is 6.54 Å². The van der Waals surface area contributed by atoms with Gasteiger partial charge >= 0.3 is 11.2 Å². The van der Waals surface area contributed by atoms with Crippen molar-refractivity contribution < 1.29 is 19.6 Å². The van der Waals surface area contributed by atoms with Gasteiger partial charge in [0, 0.05) is 0 Å². The third-order valence-corrected chi connectivity index (χ3v) is 2.48. The Bertz CT molecular complexity index is 562. The van der Waals surface area contributed by atoms with Crippen LogP contribution < -0.4 is 4.84 Å². The predicted octanol–water partition coefficient (Wildman–Crippen LogP) is 2.81. The summed E-state index contributed by atoms with van der Waals surface area (Å²) in [6.45, 7) is 0.0163. The van der Waals surface area contributed by atoms with Crippen LogP contribution in [0.5, 0.6) is 5.75 Å². The van der Waals surface area contributed by atoms with Gasteiger partial charge in [-0.05, 0) is 17.7 Å². The summed E-state index contributed by atoms with van der Waals surface area (Å²) in [5.41, 5.74) is 0.744. The lowest BCUT2D eigenvalue weighted by atomic mass is 10.2. The zero-order valence-corrected chi connectivity index (χ0v) is 10.9. The minimum atomic E-state index is -1.20. The molecule has 108 valence electrons. The molecule has 0 bridgehead atoms. The summed E-state index contributed by atoms with van der Waals surface area (Å²) in [6.07, 6.45) is -1.20. The van der Waals surface area contributed by atoms with Crippen LogP contribution in [0.4, 0.5) is 4.79 Å². The standard InChI is InChI=1S/C14H12N2O5/c17-14(21-16(18)19)15(11-12-7-3-1-4-8-12)20-13-9-5-2-6-10-13/h1-10H,11H2. The molecule has 21 heavy (non-hydrogen) atoms. The van der Waals surface area contributed by atoms with Crippen LogP contribution in [0.15, 0.2) is 60.7 Å². The first-order valence-corrected chi connectivity index (χ1v) is 6.06. The number of amides is 1. The number of benzene rings is 2. The maximum Gasteiger partial charge on any atom is 0.431 e. The van der Waals surface area contributed by atoms with Gasteiger partial charge in [-0.15, -0.1) is 15.2 Å². The molecule has 2 aromatic rings. The Kier molecular flexibility index (Phi) is 4.70. The maximum absolute atomic E-state index is 11.7. The van der Waals surface area contributed by atoms with Gasteiger partial charge in [0.15, 0.2) is 5.75 Å². The minimum absolute atomic E-state index is 0.0163. The molecule has 0 fully saturated rings. The molecular weight excluding hydrogens is 276 g/mol. The highest BCUT2D eigenvalue weighted by atomic mass is 17.0.